The average Bonchev–Trinajstić information content (AvgIpc) is 2.91. The number of methoxy groups -OCH3 is 1. The van der Waals surface area contributed by atoms with Gasteiger partial charge in [-0.1, -0.05) is 26.0 Å². The molecule has 0 saturated heterocycles. The first-order valence-corrected chi connectivity index (χ1v) is 7.34. The Labute approximate surface area is 126 Å². The first-order chi connectivity index (χ1) is 10.1. The molecule has 114 valence electrons. The fourth-order valence-corrected chi connectivity index (χ4v) is 2.18. The molecule has 0 saturated carbocycles. The number of ether oxygens (including phenoxy) is 1. The van der Waals surface area contributed by atoms with Gasteiger partial charge in [-0.2, -0.15) is 5.10 Å². The second-order valence-electron chi connectivity index (χ2n) is 5.63. The lowest BCUT2D eigenvalue weighted by atomic mass is 10.1. The molecule has 1 N–H and O–H groups in total. The lowest BCUT2D eigenvalue weighted by molar-refractivity contribution is 0.414. The monoisotopic (exact) mass is 288 g/mol. The highest BCUT2D eigenvalue weighted by molar-refractivity contribution is 5.28. The molecule has 1 unspecified atom stereocenters. The summed E-state index contributed by atoms with van der Waals surface area (Å²) >= 11 is 0. The Morgan fingerprint density at radius 2 is 1.90 bits per heavy atom. The summed E-state index contributed by atoms with van der Waals surface area (Å²) in [6.45, 7) is 8.11. The largest absolute Gasteiger partial charge is 0.497 e. The molecule has 1 aromatic heterocycles. The van der Waals surface area contributed by atoms with Crippen LogP contribution in [0.15, 0.2) is 30.6 Å². The van der Waals surface area contributed by atoms with Crippen molar-refractivity contribution in [3.8, 4) is 5.75 Å². The van der Waals surface area contributed by atoms with E-state index in [1.54, 1.807) is 13.4 Å². The van der Waals surface area contributed by atoms with E-state index >= 15 is 0 Å². The molecule has 5 nitrogen and oxygen atoms in total. The molecular formula is C16H24N4O. The van der Waals surface area contributed by atoms with Crippen LogP contribution in [0.5, 0.6) is 5.75 Å². The molecule has 2 aromatic rings. The maximum Gasteiger partial charge on any atom is 0.140 e. The maximum absolute atomic E-state index is 5.18. The molecule has 0 spiro atoms. The van der Waals surface area contributed by atoms with Gasteiger partial charge in [-0.05, 0) is 30.5 Å². The van der Waals surface area contributed by atoms with Crippen LogP contribution in [0.25, 0.3) is 0 Å². The molecule has 0 aliphatic carbocycles. The highest BCUT2D eigenvalue weighted by Gasteiger charge is 2.09. The highest BCUT2D eigenvalue weighted by Crippen LogP contribution is 2.17. The fourth-order valence-electron chi connectivity index (χ4n) is 2.18. The van der Waals surface area contributed by atoms with Gasteiger partial charge in [-0.3, -0.25) is 0 Å². The Hall–Kier alpha value is -1.88. The van der Waals surface area contributed by atoms with Gasteiger partial charge in [0.05, 0.1) is 13.7 Å². The number of benzene rings is 1. The molecule has 0 fully saturated rings. The minimum Gasteiger partial charge on any atom is -0.497 e. The van der Waals surface area contributed by atoms with E-state index in [0.717, 1.165) is 18.1 Å². The molecule has 0 amide bonds. The summed E-state index contributed by atoms with van der Waals surface area (Å²) in [5, 5.41) is 7.77. The van der Waals surface area contributed by atoms with E-state index in [-0.39, 0.29) is 6.04 Å². The third-order valence-corrected chi connectivity index (χ3v) is 3.42. The number of hydrogen-bond donors (Lipinski definition) is 1. The van der Waals surface area contributed by atoms with Gasteiger partial charge in [0.1, 0.15) is 17.9 Å². The zero-order valence-electron chi connectivity index (χ0n) is 13.2. The smallest absolute Gasteiger partial charge is 0.140 e. The Balaban J connectivity index is 1.94. The Morgan fingerprint density at radius 1 is 1.19 bits per heavy atom. The van der Waals surface area contributed by atoms with Crippen molar-refractivity contribution in [1.82, 2.24) is 20.1 Å². The van der Waals surface area contributed by atoms with Gasteiger partial charge in [0.25, 0.3) is 0 Å². The summed E-state index contributed by atoms with van der Waals surface area (Å²) in [6, 6.07) is 8.37. The van der Waals surface area contributed by atoms with Crippen LogP contribution in [0.1, 0.15) is 38.2 Å². The van der Waals surface area contributed by atoms with Crippen molar-refractivity contribution in [3.05, 3.63) is 42.0 Å². The van der Waals surface area contributed by atoms with E-state index in [9.17, 15) is 0 Å². The second-order valence-corrected chi connectivity index (χ2v) is 5.63. The summed E-state index contributed by atoms with van der Waals surface area (Å²) in [5.41, 5.74) is 1.23. The molecule has 0 aliphatic rings. The normalized spacial score (nSPS) is 12.6. The van der Waals surface area contributed by atoms with Gasteiger partial charge in [-0.25, -0.2) is 9.67 Å². The van der Waals surface area contributed by atoms with Gasteiger partial charge < -0.3 is 10.1 Å². The summed E-state index contributed by atoms with van der Waals surface area (Å²) in [5.74, 6) is 2.41. The van der Waals surface area contributed by atoms with Crippen molar-refractivity contribution >= 4 is 0 Å². The van der Waals surface area contributed by atoms with Crippen LogP contribution in [0.3, 0.4) is 0 Å². The van der Waals surface area contributed by atoms with E-state index in [0.29, 0.717) is 12.5 Å². The van der Waals surface area contributed by atoms with Crippen molar-refractivity contribution in [2.24, 2.45) is 5.92 Å². The van der Waals surface area contributed by atoms with Crippen molar-refractivity contribution < 1.29 is 4.74 Å². The van der Waals surface area contributed by atoms with Crippen molar-refractivity contribution in [1.29, 1.82) is 0 Å². The summed E-state index contributed by atoms with van der Waals surface area (Å²) < 4.78 is 7.15. The minimum absolute atomic E-state index is 0.250. The van der Waals surface area contributed by atoms with E-state index in [4.69, 9.17) is 4.74 Å². The van der Waals surface area contributed by atoms with E-state index in [1.807, 2.05) is 16.8 Å². The number of nitrogens with one attached hydrogen (secondary N) is 1. The van der Waals surface area contributed by atoms with Crippen LogP contribution in [0, 0.1) is 5.92 Å². The number of nitrogens with zero attached hydrogens (tertiary/aromatic N) is 3. The van der Waals surface area contributed by atoms with Crippen LogP contribution in [0.4, 0.5) is 0 Å². The molecule has 1 heterocycles. The van der Waals surface area contributed by atoms with Crippen LogP contribution in [-0.4, -0.2) is 21.9 Å². The lowest BCUT2D eigenvalue weighted by Gasteiger charge is -2.15. The molecule has 1 aromatic carbocycles. The number of rotatable bonds is 7. The molecule has 2 rings (SSSR count). The first-order valence-electron chi connectivity index (χ1n) is 7.34. The van der Waals surface area contributed by atoms with E-state index in [2.05, 4.69) is 48.3 Å². The molecule has 0 aliphatic heterocycles. The van der Waals surface area contributed by atoms with Crippen LogP contribution in [0.2, 0.25) is 0 Å². The van der Waals surface area contributed by atoms with Gasteiger partial charge in [0, 0.05) is 12.6 Å². The first kappa shape index (κ1) is 15.5. The van der Waals surface area contributed by atoms with E-state index < -0.39 is 0 Å². The summed E-state index contributed by atoms with van der Waals surface area (Å²) in [7, 11) is 1.68. The molecule has 0 bridgehead atoms. The highest BCUT2D eigenvalue weighted by atomic mass is 16.5. The van der Waals surface area contributed by atoms with Gasteiger partial charge in [-0.15, -0.1) is 0 Å². The van der Waals surface area contributed by atoms with Gasteiger partial charge >= 0.3 is 0 Å². The van der Waals surface area contributed by atoms with Crippen LogP contribution >= 0.6 is 0 Å². The standard InChI is InChI=1S/C16H24N4O/c1-12(2)10-20-16(18-11-19-20)9-17-13(3)14-5-7-15(21-4)8-6-14/h5-8,11-13,17H,9-10H2,1-4H3. The van der Waals surface area contributed by atoms with Gasteiger partial charge in [0.2, 0.25) is 0 Å². The third-order valence-electron chi connectivity index (χ3n) is 3.42. The summed E-state index contributed by atoms with van der Waals surface area (Å²) in [6.07, 6.45) is 1.62. The molecule has 1 atom stereocenters. The Morgan fingerprint density at radius 3 is 2.52 bits per heavy atom. The minimum atomic E-state index is 0.250. The maximum atomic E-state index is 5.18. The van der Waals surface area contributed by atoms with Gasteiger partial charge in [0.15, 0.2) is 0 Å². The fraction of sp³-hybridized carbons (Fsp3) is 0.500. The molecule has 5 heteroatoms. The Kier molecular flexibility index (Phi) is 5.33. The predicted molar refractivity (Wildman–Crippen MR) is 83.1 cm³/mol. The van der Waals surface area contributed by atoms with Crippen molar-refractivity contribution in [3.63, 3.8) is 0 Å². The predicted octanol–water partition coefficient (Wildman–Crippen LogP) is 2.79. The SMILES string of the molecule is COc1ccc(C(C)NCc2ncnn2CC(C)C)cc1. The quantitative estimate of drug-likeness (QED) is 0.851. The molecule has 21 heavy (non-hydrogen) atoms. The zero-order chi connectivity index (χ0) is 15.2. The lowest BCUT2D eigenvalue weighted by Crippen LogP contribution is -2.22. The van der Waals surface area contributed by atoms with Crippen molar-refractivity contribution in [2.75, 3.05) is 7.11 Å². The average molecular weight is 288 g/mol. The third kappa shape index (κ3) is 4.29. The van der Waals surface area contributed by atoms with E-state index in [1.165, 1.54) is 5.56 Å². The molecular weight excluding hydrogens is 264 g/mol. The topological polar surface area (TPSA) is 52.0 Å². The van der Waals surface area contributed by atoms with Crippen LogP contribution in [-0.2, 0) is 13.1 Å². The zero-order valence-corrected chi connectivity index (χ0v) is 13.2. The Bertz CT molecular complexity index is 548. The summed E-state index contributed by atoms with van der Waals surface area (Å²) in [4.78, 5) is 4.33. The number of aromatic nitrogens is 3. The molecule has 0 radical (unpaired) electrons. The number of hydrogen-bond acceptors (Lipinski definition) is 4. The van der Waals surface area contributed by atoms with Crippen LogP contribution < -0.4 is 10.1 Å². The van der Waals surface area contributed by atoms with Crippen molar-refractivity contribution in [2.45, 2.75) is 39.9 Å². The second kappa shape index (κ2) is 7.22.